The average Bonchev–Trinajstić information content (AvgIpc) is 2.75. The second-order valence-corrected chi connectivity index (χ2v) is 5.62. The van der Waals surface area contributed by atoms with E-state index in [1.54, 1.807) is 0 Å². The van der Waals surface area contributed by atoms with E-state index in [1.807, 2.05) is 0 Å². The Morgan fingerprint density at radius 2 is 1.75 bits per heavy atom. The first-order valence-electron chi connectivity index (χ1n) is 6.83. The monoisotopic (exact) mass is 222 g/mol. The van der Waals surface area contributed by atoms with Gasteiger partial charge in [-0.2, -0.15) is 0 Å². The maximum atomic E-state index is 11.5. The summed E-state index contributed by atoms with van der Waals surface area (Å²) in [6, 6.07) is 1.37. The summed E-state index contributed by atoms with van der Waals surface area (Å²) < 4.78 is 0. The van der Waals surface area contributed by atoms with Crippen LogP contribution in [0.15, 0.2) is 0 Å². The van der Waals surface area contributed by atoms with Gasteiger partial charge in [0.1, 0.15) is 5.78 Å². The molecule has 1 aliphatic carbocycles. The molecule has 0 spiro atoms. The molecule has 2 unspecified atom stereocenters. The van der Waals surface area contributed by atoms with E-state index in [9.17, 15) is 4.79 Å². The normalized spacial score (nSPS) is 37.6. The molecular formula is C13H22N2O. The molecule has 2 atom stereocenters. The zero-order chi connectivity index (χ0) is 11.0. The van der Waals surface area contributed by atoms with Gasteiger partial charge in [0.25, 0.3) is 0 Å². The highest BCUT2D eigenvalue weighted by atomic mass is 16.1. The number of rotatable bonds is 1. The summed E-state index contributed by atoms with van der Waals surface area (Å²) in [5.74, 6) is 0.491. The summed E-state index contributed by atoms with van der Waals surface area (Å²) in [6.45, 7) is 4.95. The highest BCUT2D eigenvalue weighted by Crippen LogP contribution is 2.26. The summed E-state index contributed by atoms with van der Waals surface area (Å²) in [6.07, 6.45) is 6.78. The molecule has 2 heterocycles. The van der Waals surface area contributed by atoms with E-state index in [1.165, 1.54) is 45.4 Å². The predicted molar refractivity (Wildman–Crippen MR) is 63.4 cm³/mol. The fraction of sp³-hybridized carbons (Fsp3) is 0.923. The minimum absolute atomic E-state index is 0.491. The molecule has 3 nitrogen and oxygen atoms in total. The van der Waals surface area contributed by atoms with E-state index in [4.69, 9.17) is 0 Å². The lowest BCUT2D eigenvalue weighted by Gasteiger charge is -2.42. The van der Waals surface area contributed by atoms with Gasteiger partial charge in [0.05, 0.1) is 0 Å². The fourth-order valence-corrected chi connectivity index (χ4v) is 3.66. The van der Waals surface area contributed by atoms with Crippen LogP contribution in [0.3, 0.4) is 0 Å². The maximum absolute atomic E-state index is 11.5. The van der Waals surface area contributed by atoms with Gasteiger partial charge >= 0.3 is 0 Å². The van der Waals surface area contributed by atoms with Gasteiger partial charge in [-0.1, -0.05) is 0 Å². The van der Waals surface area contributed by atoms with Crippen LogP contribution >= 0.6 is 0 Å². The highest BCUT2D eigenvalue weighted by Gasteiger charge is 2.34. The largest absolute Gasteiger partial charge is 0.300 e. The van der Waals surface area contributed by atoms with Gasteiger partial charge in [0.15, 0.2) is 0 Å². The zero-order valence-corrected chi connectivity index (χ0v) is 10.0. The van der Waals surface area contributed by atoms with Gasteiger partial charge in [0.2, 0.25) is 0 Å². The smallest absolute Gasteiger partial charge is 0.134 e. The number of hydrogen-bond donors (Lipinski definition) is 0. The third kappa shape index (κ3) is 2.03. The van der Waals surface area contributed by atoms with Gasteiger partial charge in [-0.15, -0.1) is 0 Å². The molecule has 0 bridgehead atoms. The Morgan fingerprint density at radius 1 is 0.938 bits per heavy atom. The van der Waals surface area contributed by atoms with Crippen LogP contribution in [0.1, 0.15) is 38.5 Å². The van der Waals surface area contributed by atoms with E-state index in [-0.39, 0.29) is 0 Å². The first-order chi connectivity index (χ1) is 7.83. The first-order valence-corrected chi connectivity index (χ1v) is 6.83. The molecule has 2 saturated heterocycles. The van der Waals surface area contributed by atoms with Gasteiger partial charge < -0.3 is 0 Å². The number of fused-ring (bicyclic) bond motifs is 1. The standard InChI is InChI=1S/C13H22N2O/c16-13-5-1-3-11(9-13)15-8-7-14-6-2-4-12(14)10-15/h11-12H,1-10H2. The van der Waals surface area contributed by atoms with Crippen molar-refractivity contribution < 1.29 is 4.79 Å². The lowest BCUT2D eigenvalue weighted by atomic mass is 9.92. The molecule has 0 radical (unpaired) electrons. The van der Waals surface area contributed by atoms with E-state index in [0.29, 0.717) is 11.8 Å². The first kappa shape index (κ1) is 10.7. The third-order valence-electron chi connectivity index (χ3n) is 4.59. The van der Waals surface area contributed by atoms with Gasteiger partial charge in [-0.25, -0.2) is 0 Å². The number of nitrogens with zero attached hydrogens (tertiary/aromatic N) is 2. The Balaban J connectivity index is 1.60. The van der Waals surface area contributed by atoms with Crippen molar-refractivity contribution in [2.24, 2.45) is 0 Å². The van der Waals surface area contributed by atoms with E-state index in [2.05, 4.69) is 9.80 Å². The Kier molecular flexibility index (Phi) is 2.99. The SMILES string of the molecule is O=C1CCCC(N2CCN3CCCC3C2)C1. The molecule has 3 fully saturated rings. The number of Topliss-reactive ketones (excluding diaryl/α,β-unsaturated/α-hetero) is 1. The van der Waals surface area contributed by atoms with Crippen LogP contribution in [0.2, 0.25) is 0 Å². The molecule has 0 aromatic heterocycles. The second-order valence-electron chi connectivity index (χ2n) is 5.62. The number of ketones is 1. The Morgan fingerprint density at radius 3 is 2.62 bits per heavy atom. The van der Waals surface area contributed by atoms with E-state index < -0.39 is 0 Å². The summed E-state index contributed by atoms with van der Waals surface area (Å²) >= 11 is 0. The fourth-order valence-electron chi connectivity index (χ4n) is 3.66. The highest BCUT2D eigenvalue weighted by molar-refractivity contribution is 5.79. The van der Waals surface area contributed by atoms with Crippen molar-refractivity contribution in [1.29, 1.82) is 0 Å². The van der Waals surface area contributed by atoms with Crippen LogP contribution in [0.5, 0.6) is 0 Å². The molecule has 16 heavy (non-hydrogen) atoms. The van der Waals surface area contributed by atoms with Crippen LogP contribution < -0.4 is 0 Å². The maximum Gasteiger partial charge on any atom is 0.134 e. The Bertz CT molecular complexity index is 279. The summed E-state index contributed by atoms with van der Waals surface area (Å²) in [5.41, 5.74) is 0. The predicted octanol–water partition coefficient (Wildman–Crippen LogP) is 1.28. The molecule has 3 aliphatic rings. The topological polar surface area (TPSA) is 23.6 Å². The van der Waals surface area contributed by atoms with Crippen LogP contribution in [0.25, 0.3) is 0 Å². The second kappa shape index (κ2) is 4.46. The summed E-state index contributed by atoms with van der Waals surface area (Å²) in [7, 11) is 0. The van der Waals surface area contributed by atoms with Crippen LogP contribution in [-0.4, -0.2) is 53.8 Å². The molecule has 0 aromatic rings. The molecule has 3 heteroatoms. The molecule has 0 amide bonds. The molecule has 90 valence electrons. The van der Waals surface area contributed by atoms with Gasteiger partial charge in [-0.05, 0) is 32.2 Å². The summed E-state index contributed by atoms with van der Waals surface area (Å²) in [5, 5.41) is 0. The lowest BCUT2D eigenvalue weighted by Crippen LogP contribution is -2.54. The number of hydrogen-bond acceptors (Lipinski definition) is 3. The van der Waals surface area contributed by atoms with Crippen molar-refractivity contribution in [3.05, 3.63) is 0 Å². The third-order valence-corrected chi connectivity index (χ3v) is 4.59. The zero-order valence-electron chi connectivity index (χ0n) is 10.0. The van der Waals surface area contributed by atoms with Crippen molar-refractivity contribution in [1.82, 2.24) is 9.80 Å². The van der Waals surface area contributed by atoms with Crippen LogP contribution in [0, 0.1) is 0 Å². The van der Waals surface area contributed by atoms with E-state index >= 15 is 0 Å². The lowest BCUT2D eigenvalue weighted by molar-refractivity contribution is -0.122. The molecule has 0 aromatic carbocycles. The van der Waals surface area contributed by atoms with Crippen molar-refractivity contribution >= 4 is 5.78 Å². The average molecular weight is 222 g/mol. The van der Waals surface area contributed by atoms with Crippen molar-refractivity contribution in [3.8, 4) is 0 Å². The summed E-state index contributed by atoms with van der Waals surface area (Å²) in [4.78, 5) is 16.7. The van der Waals surface area contributed by atoms with E-state index in [0.717, 1.165) is 25.3 Å². The molecular weight excluding hydrogens is 200 g/mol. The van der Waals surface area contributed by atoms with Crippen LogP contribution in [0.4, 0.5) is 0 Å². The van der Waals surface area contributed by atoms with Gasteiger partial charge in [0, 0.05) is 44.6 Å². The molecule has 1 saturated carbocycles. The molecule has 0 N–H and O–H groups in total. The van der Waals surface area contributed by atoms with Crippen molar-refractivity contribution in [2.45, 2.75) is 50.6 Å². The van der Waals surface area contributed by atoms with Crippen molar-refractivity contribution in [2.75, 3.05) is 26.2 Å². The quantitative estimate of drug-likeness (QED) is 0.667. The number of piperazine rings is 1. The van der Waals surface area contributed by atoms with Crippen LogP contribution in [-0.2, 0) is 4.79 Å². The molecule has 3 rings (SSSR count). The minimum Gasteiger partial charge on any atom is -0.300 e. The van der Waals surface area contributed by atoms with Crippen molar-refractivity contribution in [3.63, 3.8) is 0 Å². The number of carbonyl (C=O) groups is 1. The van der Waals surface area contributed by atoms with Gasteiger partial charge in [-0.3, -0.25) is 14.6 Å². The Hall–Kier alpha value is -0.410. The molecule has 2 aliphatic heterocycles. The minimum atomic E-state index is 0.491. The number of carbonyl (C=O) groups excluding carboxylic acids is 1. The Labute approximate surface area is 97.8 Å².